The van der Waals surface area contributed by atoms with E-state index in [-0.39, 0.29) is 0 Å². The van der Waals surface area contributed by atoms with Crippen molar-refractivity contribution in [3.05, 3.63) is 17.3 Å². The maximum absolute atomic E-state index is 5.91. The molecule has 2 aromatic rings. The van der Waals surface area contributed by atoms with Crippen molar-refractivity contribution in [3.8, 4) is 0 Å². The third kappa shape index (κ3) is 2.65. The predicted octanol–water partition coefficient (Wildman–Crippen LogP) is 3.18. The van der Waals surface area contributed by atoms with E-state index in [2.05, 4.69) is 27.6 Å². The molecule has 5 heteroatoms. The van der Waals surface area contributed by atoms with E-state index in [9.17, 15) is 0 Å². The first kappa shape index (κ1) is 13.8. The summed E-state index contributed by atoms with van der Waals surface area (Å²) in [4.78, 5) is 8.78. The minimum atomic E-state index is 0.665. The van der Waals surface area contributed by atoms with Gasteiger partial charge >= 0.3 is 0 Å². The number of nitrogens with zero attached hydrogens (tertiary/aromatic N) is 2. The molecule has 0 amide bonds. The number of fused-ring (bicyclic) bond motifs is 1. The van der Waals surface area contributed by atoms with Crippen molar-refractivity contribution in [2.45, 2.75) is 32.6 Å². The fourth-order valence-corrected chi connectivity index (χ4v) is 4.15. The molecule has 2 aromatic heterocycles. The van der Waals surface area contributed by atoms with Gasteiger partial charge in [-0.15, -0.1) is 11.3 Å². The van der Waals surface area contributed by atoms with Crippen LogP contribution in [-0.2, 0) is 0 Å². The number of hydrogen-bond donors (Lipinski definition) is 2. The Kier molecular flexibility index (Phi) is 4.17. The predicted molar refractivity (Wildman–Crippen MR) is 85.1 cm³/mol. The highest BCUT2D eigenvalue weighted by Crippen LogP contribution is 2.31. The second-order valence-electron chi connectivity index (χ2n) is 5.74. The minimum absolute atomic E-state index is 0.665. The van der Waals surface area contributed by atoms with Crippen molar-refractivity contribution in [2.24, 2.45) is 17.6 Å². The van der Waals surface area contributed by atoms with Gasteiger partial charge in [0.15, 0.2) is 0 Å². The average Bonchev–Trinajstić information content (AvgIpc) is 2.88. The van der Waals surface area contributed by atoms with Crippen LogP contribution in [0, 0.1) is 18.8 Å². The topological polar surface area (TPSA) is 63.8 Å². The quantitative estimate of drug-likeness (QED) is 0.907. The van der Waals surface area contributed by atoms with E-state index in [0.29, 0.717) is 11.8 Å². The smallest absolute Gasteiger partial charge is 0.147 e. The lowest BCUT2D eigenvalue weighted by Gasteiger charge is -2.30. The van der Waals surface area contributed by atoms with Crippen LogP contribution in [0.15, 0.2) is 11.7 Å². The number of rotatable bonds is 4. The summed E-state index contributed by atoms with van der Waals surface area (Å²) in [5.74, 6) is 2.33. The van der Waals surface area contributed by atoms with Gasteiger partial charge in [-0.05, 0) is 49.1 Å². The lowest BCUT2D eigenvalue weighted by atomic mass is 9.79. The zero-order valence-electron chi connectivity index (χ0n) is 11.9. The molecule has 0 spiro atoms. The van der Waals surface area contributed by atoms with Gasteiger partial charge in [-0.1, -0.05) is 12.8 Å². The number of aryl methyl sites for hydroxylation is 1. The highest BCUT2D eigenvalue weighted by atomic mass is 32.1. The maximum Gasteiger partial charge on any atom is 0.147 e. The van der Waals surface area contributed by atoms with Gasteiger partial charge in [0, 0.05) is 6.54 Å². The number of nitrogens with two attached hydrogens (primary N) is 1. The van der Waals surface area contributed by atoms with E-state index in [0.717, 1.165) is 24.4 Å². The summed E-state index contributed by atoms with van der Waals surface area (Å²) in [5.41, 5.74) is 8.21. The van der Waals surface area contributed by atoms with Crippen LogP contribution in [0.4, 0.5) is 5.82 Å². The van der Waals surface area contributed by atoms with Crippen LogP contribution in [0.25, 0.3) is 10.2 Å². The van der Waals surface area contributed by atoms with Crippen molar-refractivity contribution in [2.75, 3.05) is 18.4 Å². The molecule has 0 aromatic carbocycles. The molecule has 20 heavy (non-hydrogen) atoms. The normalized spacial score (nSPS) is 23.1. The number of aromatic nitrogens is 2. The molecule has 2 heterocycles. The van der Waals surface area contributed by atoms with Crippen LogP contribution in [0.3, 0.4) is 0 Å². The average molecular weight is 290 g/mol. The molecule has 3 N–H and O–H groups in total. The molecule has 0 aliphatic heterocycles. The van der Waals surface area contributed by atoms with Crippen molar-refractivity contribution >= 4 is 27.4 Å². The fraction of sp³-hybridized carbons (Fsp3) is 0.600. The van der Waals surface area contributed by atoms with Gasteiger partial charge in [0.05, 0.1) is 10.2 Å². The summed E-state index contributed by atoms with van der Waals surface area (Å²) in [6.07, 6.45) is 6.89. The zero-order valence-corrected chi connectivity index (χ0v) is 12.7. The van der Waals surface area contributed by atoms with E-state index < -0.39 is 0 Å². The van der Waals surface area contributed by atoms with E-state index >= 15 is 0 Å². The molecule has 1 saturated carbocycles. The number of anilines is 1. The Morgan fingerprint density at radius 2 is 2.10 bits per heavy atom. The van der Waals surface area contributed by atoms with Gasteiger partial charge in [0.25, 0.3) is 0 Å². The molecule has 4 nitrogen and oxygen atoms in total. The molecule has 0 radical (unpaired) electrons. The molecule has 2 unspecified atom stereocenters. The number of thiophene rings is 1. The van der Waals surface area contributed by atoms with Gasteiger partial charge in [0.1, 0.15) is 12.1 Å². The summed E-state index contributed by atoms with van der Waals surface area (Å²) >= 11 is 1.72. The Balaban J connectivity index is 1.73. The van der Waals surface area contributed by atoms with Crippen LogP contribution in [0.5, 0.6) is 0 Å². The van der Waals surface area contributed by atoms with Crippen LogP contribution in [0.1, 0.15) is 31.2 Å². The summed E-state index contributed by atoms with van der Waals surface area (Å²) in [6.45, 7) is 3.88. The molecule has 1 fully saturated rings. The van der Waals surface area contributed by atoms with Crippen LogP contribution < -0.4 is 11.1 Å². The van der Waals surface area contributed by atoms with E-state index in [1.165, 1.54) is 35.9 Å². The van der Waals surface area contributed by atoms with E-state index in [1.54, 1.807) is 17.7 Å². The lowest BCUT2D eigenvalue weighted by molar-refractivity contribution is 0.255. The Morgan fingerprint density at radius 1 is 1.30 bits per heavy atom. The molecular weight excluding hydrogens is 268 g/mol. The summed E-state index contributed by atoms with van der Waals surface area (Å²) in [7, 11) is 0. The van der Waals surface area contributed by atoms with Gasteiger partial charge in [-0.25, -0.2) is 9.97 Å². The van der Waals surface area contributed by atoms with Gasteiger partial charge in [-0.3, -0.25) is 0 Å². The number of nitrogens with one attached hydrogen (secondary N) is 1. The molecule has 2 atom stereocenters. The first-order valence-electron chi connectivity index (χ1n) is 7.42. The monoisotopic (exact) mass is 290 g/mol. The zero-order chi connectivity index (χ0) is 13.9. The van der Waals surface area contributed by atoms with Gasteiger partial charge < -0.3 is 11.1 Å². The Morgan fingerprint density at radius 3 is 2.90 bits per heavy atom. The highest BCUT2D eigenvalue weighted by Gasteiger charge is 2.24. The van der Waals surface area contributed by atoms with E-state index in [4.69, 9.17) is 5.73 Å². The third-order valence-corrected chi connectivity index (χ3v) is 5.53. The highest BCUT2D eigenvalue weighted by molar-refractivity contribution is 7.18. The Hall–Kier alpha value is -1.20. The Bertz CT molecular complexity index is 580. The van der Waals surface area contributed by atoms with E-state index in [1.807, 2.05) is 0 Å². The van der Waals surface area contributed by atoms with Gasteiger partial charge in [-0.2, -0.15) is 0 Å². The molecule has 1 aliphatic rings. The maximum atomic E-state index is 5.91. The van der Waals surface area contributed by atoms with Crippen LogP contribution in [0.2, 0.25) is 0 Å². The molecule has 0 bridgehead atoms. The fourth-order valence-electron chi connectivity index (χ4n) is 3.19. The molecular formula is C15H22N4S. The Labute approximate surface area is 123 Å². The first-order valence-corrected chi connectivity index (χ1v) is 8.30. The second kappa shape index (κ2) is 6.06. The largest absolute Gasteiger partial charge is 0.368 e. The minimum Gasteiger partial charge on any atom is -0.368 e. The summed E-state index contributed by atoms with van der Waals surface area (Å²) < 4.78 is 1.17. The molecule has 3 rings (SSSR count). The first-order chi connectivity index (χ1) is 9.79. The molecule has 1 aliphatic carbocycles. The second-order valence-corrected chi connectivity index (χ2v) is 6.62. The van der Waals surface area contributed by atoms with Gasteiger partial charge in [0.2, 0.25) is 0 Å². The lowest BCUT2D eigenvalue weighted by Crippen LogP contribution is -2.31. The van der Waals surface area contributed by atoms with Crippen molar-refractivity contribution < 1.29 is 0 Å². The third-order valence-electron chi connectivity index (χ3n) is 4.43. The van der Waals surface area contributed by atoms with Crippen LogP contribution in [-0.4, -0.2) is 23.1 Å². The SMILES string of the molecule is Cc1csc2c(NCC3CCCCC3CN)ncnc12. The summed E-state index contributed by atoms with van der Waals surface area (Å²) in [5, 5.41) is 5.69. The van der Waals surface area contributed by atoms with Crippen LogP contribution >= 0.6 is 11.3 Å². The molecule has 108 valence electrons. The molecule has 0 saturated heterocycles. The standard InChI is InChI=1S/C15H22N4S/c1-10-8-20-14-13(10)18-9-19-15(14)17-7-12-5-3-2-4-11(12)6-16/h8-9,11-12H,2-7,16H2,1H3,(H,17,18,19). The van der Waals surface area contributed by atoms with Crippen molar-refractivity contribution in [3.63, 3.8) is 0 Å². The number of hydrogen-bond acceptors (Lipinski definition) is 5. The van der Waals surface area contributed by atoms with Crippen molar-refractivity contribution in [1.29, 1.82) is 0 Å². The van der Waals surface area contributed by atoms with Crippen molar-refractivity contribution in [1.82, 2.24) is 9.97 Å². The summed E-state index contributed by atoms with van der Waals surface area (Å²) in [6, 6.07) is 0.